The fourth-order valence-electron chi connectivity index (χ4n) is 1.44. The number of nitrogens with zero attached hydrogens (tertiary/aromatic N) is 2. The predicted molar refractivity (Wildman–Crippen MR) is 66.9 cm³/mol. The van der Waals surface area contributed by atoms with Gasteiger partial charge in [0.05, 0.1) is 11.9 Å². The lowest BCUT2D eigenvalue weighted by Gasteiger charge is -2.10. The molecule has 1 aliphatic carbocycles. The molecule has 1 aromatic rings. The molecule has 1 atom stereocenters. The van der Waals surface area contributed by atoms with Crippen LogP contribution < -0.4 is 4.72 Å². The molecule has 1 saturated carbocycles. The topological polar surface area (TPSA) is 75.1 Å². The van der Waals surface area contributed by atoms with Gasteiger partial charge in [-0.05, 0) is 31.2 Å². The zero-order valence-corrected chi connectivity index (χ0v) is 10.4. The van der Waals surface area contributed by atoms with Crippen LogP contribution in [-0.4, -0.2) is 26.3 Å². The van der Waals surface area contributed by atoms with Crippen molar-refractivity contribution >= 4 is 23.7 Å². The summed E-state index contributed by atoms with van der Waals surface area (Å²) in [6.07, 6.45) is 6.13. The van der Waals surface area contributed by atoms with Gasteiger partial charge in [0.25, 0.3) is 0 Å². The standard InChI is InChI=1S/C11H15N3O2S/c1-2-8(11(15)16)9-5-12-6-10(13-9)14-17-7-3-4-7/h5-8H,2-4H2,1H3,(H,13,14)(H,15,16). The summed E-state index contributed by atoms with van der Waals surface area (Å²) in [6, 6.07) is 0. The smallest absolute Gasteiger partial charge is 0.312 e. The summed E-state index contributed by atoms with van der Waals surface area (Å²) in [5, 5.41) is 9.72. The SMILES string of the molecule is CCC(C(=O)O)c1cncc(NSC2CC2)n1. The van der Waals surface area contributed by atoms with E-state index in [2.05, 4.69) is 14.7 Å². The van der Waals surface area contributed by atoms with Gasteiger partial charge in [-0.1, -0.05) is 6.92 Å². The first-order valence-electron chi connectivity index (χ1n) is 5.67. The van der Waals surface area contributed by atoms with Gasteiger partial charge in [-0.2, -0.15) is 0 Å². The van der Waals surface area contributed by atoms with E-state index in [1.54, 1.807) is 18.1 Å². The van der Waals surface area contributed by atoms with Gasteiger partial charge in [-0.15, -0.1) is 0 Å². The summed E-state index contributed by atoms with van der Waals surface area (Å²) in [7, 11) is 0. The van der Waals surface area contributed by atoms with Gasteiger partial charge >= 0.3 is 5.97 Å². The molecule has 17 heavy (non-hydrogen) atoms. The Labute approximate surface area is 104 Å². The molecule has 0 amide bonds. The summed E-state index contributed by atoms with van der Waals surface area (Å²) in [5.74, 6) is -0.789. The molecule has 0 saturated heterocycles. The van der Waals surface area contributed by atoms with Crippen molar-refractivity contribution in [2.45, 2.75) is 37.4 Å². The fourth-order valence-corrected chi connectivity index (χ4v) is 2.20. The van der Waals surface area contributed by atoms with Gasteiger partial charge in [0, 0.05) is 11.4 Å². The molecule has 92 valence electrons. The second-order valence-corrected chi connectivity index (χ2v) is 5.15. The van der Waals surface area contributed by atoms with E-state index >= 15 is 0 Å². The molecule has 1 aromatic heterocycles. The monoisotopic (exact) mass is 253 g/mol. The first kappa shape index (κ1) is 12.2. The Balaban J connectivity index is 2.05. The van der Waals surface area contributed by atoms with Crippen molar-refractivity contribution in [1.29, 1.82) is 0 Å². The number of anilines is 1. The number of aromatic nitrogens is 2. The molecule has 0 bridgehead atoms. The fraction of sp³-hybridized carbons (Fsp3) is 0.545. The van der Waals surface area contributed by atoms with Crippen molar-refractivity contribution in [3.63, 3.8) is 0 Å². The Morgan fingerprint density at radius 2 is 2.41 bits per heavy atom. The molecule has 5 nitrogen and oxygen atoms in total. The Bertz CT molecular complexity index is 409. The summed E-state index contributed by atoms with van der Waals surface area (Å²) >= 11 is 1.63. The maximum atomic E-state index is 11.0. The first-order chi connectivity index (χ1) is 8.20. The van der Waals surface area contributed by atoms with Crippen LogP contribution in [0.1, 0.15) is 37.8 Å². The minimum atomic E-state index is -0.853. The Morgan fingerprint density at radius 1 is 1.65 bits per heavy atom. The molecule has 0 aromatic carbocycles. The molecule has 0 aliphatic heterocycles. The van der Waals surface area contributed by atoms with Crippen LogP contribution in [-0.2, 0) is 4.79 Å². The first-order valence-corrected chi connectivity index (χ1v) is 6.55. The number of aliphatic carboxylic acids is 1. The molecular weight excluding hydrogens is 238 g/mol. The maximum Gasteiger partial charge on any atom is 0.312 e. The number of hydrogen-bond donors (Lipinski definition) is 2. The lowest BCUT2D eigenvalue weighted by Crippen LogP contribution is -2.13. The number of nitrogens with one attached hydrogen (secondary N) is 1. The zero-order chi connectivity index (χ0) is 12.3. The predicted octanol–water partition coefficient (Wildman–Crippen LogP) is 2.28. The summed E-state index contributed by atoms with van der Waals surface area (Å²) in [5.41, 5.74) is 0.515. The molecule has 0 spiro atoms. The second kappa shape index (κ2) is 5.35. The average Bonchev–Trinajstić information content (AvgIpc) is 3.11. The normalized spacial score (nSPS) is 16.5. The van der Waals surface area contributed by atoms with E-state index in [4.69, 9.17) is 5.11 Å². The van der Waals surface area contributed by atoms with Crippen LogP contribution in [0.2, 0.25) is 0 Å². The van der Waals surface area contributed by atoms with Gasteiger partial charge < -0.3 is 9.83 Å². The van der Waals surface area contributed by atoms with Crippen molar-refractivity contribution in [2.75, 3.05) is 4.72 Å². The molecule has 2 rings (SSSR count). The Kier molecular flexibility index (Phi) is 3.83. The van der Waals surface area contributed by atoms with Crippen LogP contribution in [0.5, 0.6) is 0 Å². The lowest BCUT2D eigenvalue weighted by molar-refractivity contribution is -0.138. The molecule has 1 fully saturated rings. The van der Waals surface area contributed by atoms with Crippen LogP contribution in [0.25, 0.3) is 0 Å². The van der Waals surface area contributed by atoms with Crippen molar-refractivity contribution in [3.8, 4) is 0 Å². The van der Waals surface area contributed by atoms with Gasteiger partial charge in [0.1, 0.15) is 5.92 Å². The van der Waals surface area contributed by atoms with Crippen LogP contribution in [0.15, 0.2) is 12.4 Å². The second-order valence-electron chi connectivity index (χ2n) is 4.05. The van der Waals surface area contributed by atoms with E-state index in [1.165, 1.54) is 19.0 Å². The van der Waals surface area contributed by atoms with Crippen LogP contribution in [0, 0.1) is 0 Å². The summed E-state index contributed by atoms with van der Waals surface area (Å²) in [6.45, 7) is 1.83. The minimum absolute atomic E-state index is 0.515. The number of hydrogen-bond acceptors (Lipinski definition) is 5. The van der Waals surface area contributed by atoms with Crippen molar-refractivity contribution in [1.82, 2.24) is 9.97 Å². The lowest BCUT2D eigenvalue weighted by atomic mass is 10.0. The highest BCUT2D eigenvalue weighted by Gasteiger charge is 2.23. The highest BCUT2D eigenvalue weighted by molar-refractivity contribution is 8.01. The highest BCUT2D eigenvalue weighted by Crippen LogP contribution is 2.34. The number of carbonyl (C=O) groups is 1. The maximum absolute atomic E-state index is 11.0. The van der Waals surface area contributed by atoms with Gasteiger partial charge in [-0.3, -0.25) is 9.78 Å². The van der Waals surface area contributed by atoms with Crippen molar-refractivity contribution in [2.24, 2.45) is 0 Å². The third kappa shape index (κ3) is 3.33. The minimum Gasteiger partial charge on any atom is -0.481 e. The average molecular weight is 253 g/mol. The van der Waals surface area contributed by atoms with Crippen LogP contribution >= 0.6 is 11.9 Å². The number of rotatable bonds is 6. The van der Waals surface area contributed by atoms with E-state index < -0.39 is 11.9 Å². The van der Waals surface area contributed by atoms with E-state index in [1.807, 2.05) is 6.92 Å². The van der Waals surface area contributed by atoms with E-state index in [0.717, 1.165) is 0 Å². The third-order valence-electron chi connectivity index (χ3n) is 2.57. The van der Waals surface area contributed by atoms with Gasteiger partial charge in [-0.25, -0.2) is 4.98 Å². The van der Waals surface area contributed by atoms with Crippen LogP contribution in [0.3, 0.4) is 0 Å². The molecule has 0 radical (unpaired) electrons. The zero-order valence-electron chi connectivity index (χ0n) is 9.59. The van der Waals surface area contributed by atoms with Crippen LogP contribution in [0.4, 0.5) is 5.82 Å². The quantitative estimate of drug-likeness (QED) is 0.757. The van der Waals surface area contributed by atoms with Gasteiger partial charge in [0.15, 0.2) is 5.82 Å². The Morgan fingerprint density at radius 3 is 3.00 bits per heavy atom. The van der Waals surface area contributed by atoms with E-state index in [0.29, 0.717) is 23.2 Å². The number of carboxylic acids is 1. The highest BCUT2D eigenvalue weighted by atomic mass is 32.2. The Hall–Kier alpha value is -1.30. The molecule has 1 heterocycles. The molecule has 2 N–H and O–H groups in total. The van der Waals surface area contributed by atoms with E-state index in [-0.39, 0.29) is 0 Å². The summed E-state index contributed by atoms with van der Waals surface area (Å²) in [4.78, 5) is 19.3. The summed E-state index contributed by atoms with van der Waals surface area (Å²) < 4.78 is 3.11. The molecule has 1 unspecified atom stereocenters. The largest absolute Gasteiger partial charge is 0.481 e. The van der Waals surface area contributed by atoms with Crippen molar-refractivity contribution < 1.29 is 9.90 Å². The van der Waals surface area contributed by atoms with Gasteiger partial charge in [0.2, 0.25) is 0 Å². The number of carboxylic acid groups (broad SMARTS) is 1. The molecular formula is C11H15N3O2S. The van der Waals surface area contributed by atoms with E-state index in [9.17, 15) is 4.79 Å². The third-order valence-corrected chi connectivity index (χ3v) is 3.70. The molecule has 1 aliphatic rings. The molecule has 6 heteroatoms. The van der Waals surface area contributed by atoms with Crippen molar-refractivity contribution in [3.05, 3.63) is 18.1 Å².